The third-order valence-electron chi connectivity index (χ3n) is 4.11. The molecule has 24 heavy (non-hydrogen) atoms. The van der Waals surface area contributed by atoms with E-state index < -0.39 is 17.9 Å². The maximum absolute atomic E-state index is 12.7. The molecule has 0 saturated carbocycles. The van der Waals surface area contributed by atoms with Crippen LogP contribution >= 0.6 is 63.7 Å². The summed E-state index contributed by atoms with van der Waals surface area (Å²) >= 11 is 14.7. The molecule has 0 atom stereocenters. The Morgan fingerprint density at radius 1 is 0.875 bits per heavy atom. The molecular weight excluding hydrogens is 568 g/mol. The Balaban J connectivity index is 2.91. The Labute approximate surface area is 175 Å². The molecule has 0 aliphatic carbocycles. The molecule has 0 fully saturated rings. The van der Waals surface area contributed by atoms with E-state index in [1.165, 1.54) is 0 Å². The van der Waals surface area contributed by atoms with Gasteiger partial charge in [-0.15, -0.1) is 0 Å². The van der Waals surface area contributed by atoms with Crippen LogP contribution in [0.15, 0.2) is 60.7 Å². The molecule has 0 bridgehead atoms. The molecule has 0 unspecified atom stereocenters. The summed E-state index contributed by atoms with van der Waals surface area (Å²) in [5, 5.41) is 10.4. The fourth-order valence-electron chi connectivity index (χ4n) is 2.78. The van der Waals surface area contributed by atoms with Crippen LogP contribution in [0.4, 0.5) is 0 Å². The van der Waals surface area contributed by atoms with E-state index >= 15 is 0 Å². The SMILES string of the molecule is CCC(Br)(Br)C(Br)(Br)C(C(=O)O)(c1ccccc1)c1ccccc1. The molecule has 2 aromatic rings. The van der Waals surface area contributed by atoms with E-state index in [0.29, 0.717) is 17.5 Å². The second kappa shape index (κ2) is 7.60. The summed E-state index contributed by atoms with van der Waals surface area (Å²) < 4.78 is -1.76. The van der Waals surface area contributed by atoms with E-state index in [2.05, 4.69) is 63.7 Å². The van der Waals surface area contributed by atoms with E-state index in [-0.39, 0.29) is 0 Å². The van der Waals surface area contributed by atoms with Crippen molar-refractivity contribution in [2.75, 3.05) is 0 Å². The molecular formula is C18H16Br4O2. The van der Waals surface area contributed by atoms with Gasteiger partial charge in [-0.25, -0.2) is 0 Å². The van der Waals surface area contributed by atoms with Crippen LogP contribution < -0.4 is 0 Å². The molecule has 0 spiro atoms. The summed E-state index contributed by atoms with van der Waals surface area (Å²) in [4.78, 5) is 12.7. The van der Waals surface area contributed by atoms with Gasteiger partial charge >= 0.3 is 5.97 Å². The number of carboxylic acids is 1. The third kappa shape index (κ3) is 3.15. The fraction of sp³-hybridized carbons (Fsp3) is 0.278. The molecule has 0 amide bonds. The van der Waals surface area contributed by atoms with Gasteiger partial charge in [-0.2, -0.15) is 0 Å². The van der Waals surface area contributed by atoms with Gasteiger partial charge in [0.25, 0.3) is 0 Å². The van der Waals surface area contributed by atoms with Gasteiger partial charge in [-0.1, -0.05) is 131 Å². The lowest BCUT2D eigenvalue weighted by atomic mass is 9.70. The number of halogens is 4. The van der Waals surface area contributed by atoms with Gasteiger partial charge in [0.15, 0.2) is 0 Å². The van der Waals surface area contributed by atoms with Gasteiger partial charge < -0.3 is 5.11 Å². The van der Waals surface area contributed by atoms with Crippen molar-refractivity contribution in [1.82, 2.24) is 0 Å². The first kappa shape index (κ1) is 20.1. The number of aliphatic carboxylic acids is 1. The lowest BCUT2D eigenvalue weighted by molar-refractivity contribution is -0.142. The van der Waals surface area contributed by atoms with E-state index in [0.717, 1.165) is 0 Å². The van der Waals surface area contributed by atoms with Crippen molar-refractivity contribution in [3.05, 3.63) is 71.8 Å². The Morgan fingerprint density at radius 2 is 1.25 bits per heavy atom. The zero-order valence-electron chi connectivity index (χ0n) is 12.8. The van der Waals surface area contributed by atoms with Crippen molar-refractivity contribution in [3.63, 3.8) is 0 Å². The van der Waals surface area contributed by atoms with Gasteiger partial charge in [-0.3, -0.25) is 4.79 Å². The second-order valence-electron chi connectivity index (χ2n) is 5.42. The van der Waals surface area contributed by atoms with Crippen LogP contribution in [-0.2, 0) is 10.2 Å². The lowest BCUT2D eigenvalue weighted by Crippen LogP contribution is -2.57. The van der Waals surface area contributed by atoms with Gasteiger partial charge in [0.1, 0.15) is 11.9 Å². The summed E-state index contributed by atoms with van der Waals surface area (Å²) in [5.74, 6) is -0.953. The van der Waals surface area contributed by atoms with Crippen molar-refractivity contribution in [2.45, 2.75) is 25.2 Å². The first-order chi connectivity index (χ1) is 11.2. The van der Waals surface area contributed by atoms with Crippen molar-refractivity contribution in [3.8, 4) is 0 Å². The molecule has 0 saturated heterocycles. The summed E-state index contributed by atoms with van der Waals surface area (Å²) in [6, 6.07) is 18.5. The lowest BCUT2D eigenvalue weighted by Gasteiger charge is -2.47. The predicted molar refractivity (Wildman–Crippen MR) is 113 cm³/mol. The maximum atomic E-state index is 12.7. The average Bonchev–Trinajstić information content (AvgIpc) is 2.56. The highest BCUT2D eigenvalue weighted by Crippen LogP contribution is 2.62. The molecule has 1 N–H and O–H groups in total. The highest BCUT2D eigenvalue weighted by Gasteiger charge is 2.64. The minimum Gasteiger partial charge on any atom is -0.480 e. The Hall–Kier alpha value is -0.170. The number of benzene rings is 2. The van der Waals surface area contributed by atoms with Crippen molar-refractivity contribution >= 4 is 69.7 Å². The molecule has 6 heteroatoms. The third-order valence-corrected chi connectivity index (χ3v) is 11.1. The average molecular weight is 584 g/mol. The standard InChI is InChI=1S/C18H16Br4O2/c1-2-16(19,20)18(21,22)17(15(23)24,13-9-5-3-6-10-13)14-11-7-4-8-12-14/h3-12H,2H2,1H3,(H,23,24). The van der Waals surface area contributed by atoms with Crippen molar-refractivity contribution in [2.24, 2.45) is 0 Å². The normalized spacial score (nSPS) is 12.9. The van der Waals surface area contributed by atoms with Crippen LogP contribution in [0.2, 0.25) is 0 Å². The first-order valence-corrected chi connectivity index (χ1v) is 10.5. The topological polar surface area (TPSA) is 37.3 Å². The molecule has 2 nitrogen and oxygen atoms in total. The van der Waals surface area contributed by atoms with E-state index in [9.17, 15) is 9.90 Å². The summed E-state index contributed by atoms with van der Waals surface area (Å²) in [7, 11) is 0. The van der Waals surface area contributed by atoms with Crippen molar-refractivity contribution < 1.29 is 9.90 Å². The van der Waals surface area contributed by atoms with Crippen molar-refractivity contribution in [1.29, 1.82) is 0 Å². The highest BCUT2D eigenvalue weighted by molar-refractivity contribution is 9.30. The largest absolute Gasteiger partial charge is 0.480 e. The zero-order valence-corrected chi connectivity index (χ0v) is 19.2. The zero-order chi connectivity index (χ0) is 18.0. The smallest absolute Gasteiger partial charge is 0.321 e. The minimum atomic E-state index is -1.38. The molecule has 128 valence electrons. The summed E-state index contributed by atoms with van der Waals surface area (Å²) in [6.45, 7) is 1.98. The van der Waals surface area contributed by atoms with Crippen LogP contribution in [0.3, 0.4) is 0 Å². The van der Waals surface area contributed by atoms with Gasteiger partial charge in [0, 0.05) is 0 Å². The number of alkyl halides is 4. The summed E-state index contributed by atoms with van der Waals surface area (Å²) in [6.07, 6.45) is 0.637. The van der Waals surface area contributed by atoms with Crippen LogP contribution in [0, 0.1) is 0 Å². The van der Waals surface area contributed by atoms with Gasteiger partial charge in [0.05, 0.1) is 0 Å². The molecule has 0 radical (unpaired) electrons. The Morgan fingerprint density at radius 3 is 1.54 bits per heavy atom. The molecule has 2 rings (SSSR count). The molecule has 2 aromatic carbocycles. The van der Waals surface area contributed by atoms with E-state index in [1.54, 1.807) is 0 Å². The number of carboxylic acid groups (broad SMARTS) is 1. The maximum Gasteiger partial charge on any atom is 0.321 e. The van der Waals surface area contributed by atoms with E-state index in [1.807, 2.05) is 67.6 Å². The summed E-state index contributed by atoms with van der Waals surface area (Å²) in [5.41, 5.74) is -0.0261. The molecule has 0 aliphatic heterocycles. The Kier molecular flexibility index (Phi) is 6.38. The fourth-order valence-corrected chi connectivity index (χ4v) is 5.19. The number of carbonyl (C=O) groups is 1. The molecule has 0 aromatic heterocycles. The molecule has 0 heterocycles. The Bertz CT molecular complexity index is 660. The van der Waals surface area contributed by atoms with Gasteiger partial charge in [0.2, 0.25) is 0 Å². The van der Waals surface area contributed by atoms with Crippen LogP contribution in [0.5, 0.6) is 0 Å². The number of hydrogen-bond donors (Lipinski definition) is 1. The van der Waals surface area contributed by atoms with Gasteiger partial charge in [-0.05, 0) is 17.5 Å². The predicted octanol–water partition coefficient (Wildman–Crippen LogP) is 6.44. The number of rotatable bonds is 6. The first-order valence-electron chi connectivity index (χ1n) is 7.32. The van der Waals surface area contributed by atoms with Crippen LogP contribution in [0.1, 0.15) is 24.5 Å². The highest BCUT2D eigenvalue weighted by atomic mass is 79.9. The monoisotopic (exact) mass is 580 g/mol. The number of hydrogen-bond acceptors (Lipinski definition) is 1. The second-order valence-corrected chi connectivity index (χ2v) is 12.6. The minimum absolute atomic E-state index is 0.637. The molecule has 0 aliphatic rings. The quantitative estimate of drug-likeness (QED) is 0.398. The van der Waals surface area contributed by atoms with Crippen LogP contribution in [0.25, 0.3) is 0 Å². The van der Waals surface area contributed by atoms with Crippen LogP contribution in [-0.4, -0.2) is 17.5 Å². The van der Waals surface area contributed by atoms with E-state index in [4.69, 9.17) is 0 Å².